The summed E-state index contributed by atoms with van der Waals surface area (Å²) in [7, 11) is 0. The number of carbonyl (C=O) groups excluding carboxylic acids is 1. The average Bonchev–Trinajstić information content (AvgIpc) is 3.24. The summed E-state index contributed by atoms with van der Waals surface area (Å²) >= 11 is 5.92. The van der Waals surface area contributed by atoms with Gasteiger partial charge < -0.3 is 19.3 Å². The Balaban J connectivity index is 1.43. The SMILES string of the molecule is O=C(NCC1CCOC1)c1cc(COCc2cccc(Cl)c2)on1. The lowest BCUT2D eigenvalue weighted by molar-refractivity contribution is 0.0877. The molecule has 1 aromatic heterocycles. The Morgan fingerprint density at radius 2 is 2.29 bits per heavy atom. The Labute approximate surface area is 145 Å². The Kier molecular flexibility index (Phi) is 5.85. The number of nitrogens with one attached hydrogen (secondary N) is 1. The van der Waals surface area contributed by atoms with Crippen molar-refractivity contribution in [2.24, 2.45) is 5.92 Å². The quantitative estimate of drug-likeness (QED) is 0.831. The minimum Gasteiger partial charge on any atom is -0.381 e. The fourth-order valence-corrected chi connectivity index (χ4v) is 2.67. The molecule has 1 aromatic carbocycles. The number of nitrogens with zero attached hydrogens (tertiary/aromatic N) is 1. The van der Waals surface area contributed by atoms with Gasteiger partial charge in [-0.2, -0.15) is 0 Å². The van der Waals surface area contributed by atoms with Crippen LogP contribution in [0, 0.1) is 5.92 Å². The summed E-state index contributed by atoms with van der Waals surface area (Å²) in [5.74, 6) is 0.638. The van der Waals surface area contributed by atoms with Gasteiger partial charge in [0, 0.05) is 30.2 Å². The van der Waals surface area contributed by atoms with Gasteiger partial charge in [-0.3, -0.25) is 4.79 Å². The molecule has 2 aromatic rings. The molecule has 0 aliphatic carbocycles. The highest BCUT2D eigenvalue weighted by molar-refractivity contribution is 6.30. The van der Waals surface area contributed by atoms with E-state index in [0.29, 0.717) is 36.5 Å². The van der Waals surface area contributed by atoms with Gasteiger partial charge in [-0.15, -0.1) is 0 Å². The first-order valence-electron chi connectivity index (χ1n) is 7.84. The van der Waals surface area contributed by atoms with E-state index in [-0.39, 0.29) is 18.2 Å². The molecular formula is C17H19ClN2O4. The predicted octanol–water partition coefficient (Wildman–Crippen LogP) is 2.81. The summed E-state index contributed by atoms with van der Waals surface area (Å²) < 4.78 is 16.0. The van der Waals surface area contributed by atoms with E-state index in [1.165, 1.54) is 0 Å². The smallest absolute Gasteiger partial charge is 0.273 e. The number of amides is 1. The maximum Gasteiger partial charge on any atom is 0.273 e. The number of benzene rings is 1. The third-order valence-corrected chi connectivity index (χ3v) is 4.00. The van der Waals surface area contributed by atoms with Gasteiger partial charge >= 0.3 is 0 Å². The molecule has 1 unspecified atom stereocenters. The Bertz CT molecular complexity index is 683. The minimum atomic E-state index is -0.244. The van der Waals surface area contributed by atoms with Crippen LogP contribution in [-0.4, -0.2) is 30.8 Å². The molecule has 128 valence electrons. The van der Waals surface area contributed by atoms with Crippen LogP contribution in [0.5, 0.6) is 0 Å². The zero-order valence-electron chi connectivity index (χ0n) is 13.2. The molecule has 0 radical (unpaired) electrons. The summed E-state index contributed by atoms with van der Waals surface area (Å²) in [6.07, 6.45) is 0.974. The van der Waals surface area contributed by atoms with Crippen molar-refractivity contribution < 1.29 is 18.8 Å². The average molecular weight is 351 g/mol. The highest BCUT2D eigenvalue weighted by Crippen LogP contribution is 2.13. The van der Waals surface area contributed by atoms with Gasteiger partial charge in [0.05, 0.1) is 13.2 Å². The van der Waals surface area contributed by atoms with E-state index in [1.807, 2.05) is 24.3 Å². The van der Waals surface area contributed by atoms with Crippen molar-refractivity contribution in [2.45, 2.75) is 19.6 Å². The van der Waals surface area contributed by atoms with Crippen LogP contribution < -0.4 is 5.32 Å². The molecular weight excluding hydrogens is 332 g/mol. The van der Waals surface area contributed by atoms with Crippen LogP contribution in [0.4, 0.5) is 0 Å². The topological polar surface area (TPSA) is 73.6 Å². The third-order valence-electron chi connectivity index (χ3n) is 3.77. The Morgan fingerprint density at radius 1 is 1.38 bits per heavy atom. The number of hydrogen-bond donors (Lipinski definition) is 1. The van der Waals surface area contributed by atoms with Crippen LogP contribution in [-0.2, 0) is 22.7 Å². The van der Waals surface area contributed by atoms with Crippen molar-refractivity contribution in [3.05, 3.63) is 52.4 Å². The van der Waals surface area contributed by atoms with Gasteiger partial charge in [0.1, 0.15) is 6.61 Å². The summed E-state index contributed by atoms with van der Waals surface area (Å²) in [5, 5.41) is 7.30. The minimum absolute atomic E-state index is 0.239. The second-order valence-electron chi connectivity index (χ2n) is 5.74. The number of ether oxygens (including phenoxy) is 2. The molecule has 1 N–H and O–H groups in total. The monoisotopic (exact) mass is 350 g/mol. The van der Waals surface area contributed by atoms with Crippen molar-refractivity contribution in [1.82, 2.24) is 10.5 Å². The van der Waals surface area contributed by atoms with Gasteiger partial charge in [0.15, 0.2) is 11.5 Å². The van der Waals surface area contributed by atoms with Crippen molar-refractivity contribution in [1.29, 1.82) is 0 Å². The van der Waals surface area contributed by atoms with Crippen molar-refractivity contribution in [3.63, 3.8) is 0 Å². The number of aromatic nitrogens is 1. The van der Waals surface area contributed by atoms with Crippen LogP contribution >= 0.6 is 11.6 Å². The zero-order valence-corrected chi connectivity index (χ0v) is 13.9. The molecule has 1 aliphatic rings. The van der Waals surface area contributed by atoms with E-state index >= 15 is 0 Å². The molecule has 0 saturated carbocycles. The molecule has 3 rings (SSSR count). The molecule has 0 spiro atoms. The third kappa shape index (κ3) is 4.80. The van der Waals surface area contributed by atoms with Crippen molar-refractivity contribution >= 4 is 17.5 Å². The maximum atomic E-state index is 12.0. The predicted molar refractivity (Wildman–Crippen MR) is 87.7 cm³/mol. The number of carbonyl (C=O) groups is 1. The van der Waals surface area contributed by atoms with E-state index in [2.05, 4.69) is 10.5 Å². The van der Waals surface area contributed by atoms with E-state index in [4.69, 9.17) is 25.6 Å². The van der Waals surface area contributed by atoms with Gasteiger partial charge in [-0.1, -0.05) is 28.9 Å². The lowest BCUT2D eigenvalue weighted by atomic mass is 10.1. The lowest BCUT2D eigenvalue weighted by Gasteiger charge is -2.07. The molecule has 1 amide bonds. The van der Waals surface area contributed by atoms with Gasteiger partial charge in [-0.25, -0.2) is 0 Å². The van der Waals surface area contributed by atoms with E-state index in [0.717, 1.165) is 18.6 Å². The van der Waals surface area contributed by atoms with E-state index < -0.39 is 0 Å². The summed E-state index contributed by atoms with van der Waals surface area (Å²) in [6, 6.07) is 9.04. The van der Waals surface area contributed by atoms with E-state index in [1.54, 1.807) is 6.07 Å². The summed E-state index contributed by atoms with van der Waals surface area (Å²) in [4.78, 5) is 12.0. The maximum absolute atomic E-state index is 12.0. The lowest BCUT2D eigenvalue weighted by Crippen LogP contribution is -2.29. The van der Waals surface area contributed by atoms with Crippen molar-refractivity contribution in [3.8, 4) is 0 Å². The van der Waals surface area contributed by atoms with Crippen LogP contribution in [0.2, 0.25) is 5.02 Å². The van der Waals surface area contributed by atoms with Crippen molar-refractivity contribution in [2.75, 3.05) is 19.8 Å². The molecule has 1 aliphatic heterocycles. The molecule has 7 heteroatoms. The summed E-state index contributed by atoms with van der Waals surface area (Å²) in [6.45, 7) is 2.69. The van der Waals surface area contributed by atoms with E-state index in [9.17, 15) is 4.79 Å². The van der Waals surface area contributed by atoms with Crippen LogP contribution in [0.1, 0.15) is 28.2 Å². The molecule has 0 bridgehead atoms. The van der Waals surface area contributed by atoms with Crippen LogP contribution in [0.15, 0.2) is 34.9 Å². The highest BCUT2D eigenvalue weighted by Gasteiger charge is 2.18. The number of halogens is 1. The highest BCUT2D eigenvalue weighted by atomic mass is 35.5. The normalized spacial score (nSPS) is 17.1. The van der Waals surface area contributed by atoms with Gasteiger partial charge in [0.25, 0.3) is 5.91 Å². The first-order valence-corrected chi connectivity index (χ1v) is 8.22. The van der Waals surface area contributed by atoms with Crippen LogP contribution in [0.25, 0.3) is 0 Å². The number of hydrogen-bond acceptors (Lipinski definition) is 5. The van der Waals surface area contributed by atoms with Gasteiger partial charge in [0.2, 0.25) is 0 Å². The van der Waals surface area contributed by atoms with Crippen LogP contribution in [0.3, 0.4) is 0 Å². The number of rotatable bonds is 7. The second-order valence-corrected chi connectivity index (χ2v) is 6.18. The first-order chi connectivity index (χ1) is 11.7. The fraction of sp³-hybridized carbons (Fsp3) is 0.412. The first kappa shape index (κ1) is 17.0. The van der Waals surface area contributed by atoms with Gasteiger partial charge in [-0.05, 0) is 24.1 Å². The molecule has 1 fully saturated rings. The Morgan fingerprint density at radius 3 is 3.08 bits per heavy atom. The Hall–Kier alpha value is -1.89. The summed E-state index contributed by atoms with van der Waals surface area (Å²) in [5.41, 5.74) is 1.23. The second kappa shape index (κ2) is 8.28. The molecule has 2 heterocycles. The molecule has 24 heavy (non-hydrogen) atoms. The molecule has 1 atom stereocenters. The fourth-order valence-electron chi connectivity index (χ4n) is 2.46. The molecule has 6 nitrogen and oxygen atoms in total. The largest absolute Gasteiger partial charge is 0.381 e. The molecule has 1 saturated heterocycles. The zero-order chi connectivity index (χ0) is 16.8. The standard InChI is InChI=1S/C17H19ClN2O4/c18-14-3-1-2-12(6-14)9-23-11-15-7-16(20-24-15)17(21)19-8-13-4-5-22-10-13/h1-3,6-7,13H,4-5,8-11H2,(H,19,21).